The summed E-state index contributed by atoms with van der Waals surface area (Å²) >= 11 is 6.74. The summed E-state index contributed by atoms with van der Waals surface area (Å²) in [6.45, 7) is 0. The fourth-order valence-electron chi connectivity index (χ4n) is 1.37. The van der Waals surface area contributed by atoms with Crippen molar-refractivity contribution in [2.75, 3.05) is 0 Å². The van der Waals surface area contributed by atoms with Crippen LogP contribution < -0.4 is 0 Å². The molecule has 20 heavy (non-hydrogen) atoms. The molecule has 1 aromatic heterocycles. The Kier molecular flexibility index (Phi) is 4.16. The van der Waals surface area contributed by atoms with E-state index in [1.165, 1.54) is 36.4 Å². The largest absolute Gasteiger partial charge is 0.301 e. The van der Waals surface area contributed by atoms with Crippen LogP contribution in [-0.2, 0) is 0 Å². The van der Waals surface area contributed by atoms with Gasteiger partial charge in [0.15, 0.2) is 5.03 Å². The molecule has 9 heteroatoms. The molecule has 0 aliphatic heterocycles. The zero-order valence-electron chi connectivity index (χ0n) is 9.72. The fourth-order valence-corrected chi connectivity index (χ4v) is 2.46. The summed E-state index contributed by atoms with van der Waals surface area (Å²) in [4.78, 5) is 24.8. The smallest absolute Gasteiger partial charge is 0.258 e. The van der Waals surface area contributed by atoms with E-state index < -0.39 is 9.85 Å². The van der Waals surface area contributed by atoms with Crippen LogP contribution in [0.25, 0.3) is 0 Å². The lowest BCUT2D eigenvalue weighted by molar-refractivity contribution is -0.388. The summed E-state index contributed by atoms with van der Waals surface area (Å²) in [7, 11) is 0. The van der Waals surface area contributed by atoms with Crippen LogP contribution in [0.3, 0.4) is 0 Å². The molecule has 0 bridgehead atoms. The van der Waals surface area contributed by atoms with Crippen molar-refractivity contribution in [3.05, 3.63) is 61.8 Å². The quantitative estimate of drug-likeness (QED) is 0.485. The zero-order valence-corrected chi connectivity index (χ0v) is 11.3. The first-order valence-electron chi connectivity index (χ1n) is 5.20. The number of aromatic nitrogens is 1. The number of nitro benzene ring substituents is 1. The summed E-state index contributed by atoms with van der Waals surface area (Å²) in [6.07, 6.45) is 0. The van der Waals surface area contributed by atoms with Gasteiger partial charge in [-0.2, -0.15) is 0 Å². The van der Waals surface area contributed by atoms with Crippen molar-refractivity contribution in [1.82, 2.24) is 4.98 Å². The van der Waals surface area contributed by atoms with Crippen LogP contribution in [0.15, 0.2) is 46.3 Å². The normalized spacial score (nSPS) is 10.2. The molecule has 0 aliphatic carbocycles. The van der Waals surface area contributed by atoms with Crippen molar-refractivity contribution in [3.63, 3.8) is 0 Å². The summed E-state index contributed by atoms with van der Waals surface area (Å²) in [5.41, 5.74) is -0.222. The molecule has 7 nitrogen and oxygen atoms in total. The van der Waals surface area contributed by atoms with Gasteiger partial charge in [0.1, 0.15) is 5.15 Å². The van der Waals surface area contributed by atoms with Crippen molar-refractivity contribution in [1.29, 1.82) is 0 Å². The lowest BCUT2D eigenvalue weighted by atomic mass is 10.3. The van der Waals surface area contributed by atoms with E-state index in [0.29, 0.717) is 4.90 Å². The number of non-ortho nitro benzene ring substituents is 1. The number of nitro groups is 2. The minimum atomic E-state index is -0.558. The highest BCUT2D eigenvalue weighted by atomic mass is 35.5. The van der Waals surface area contributed by atoms with Gasteiger partial charge in [0.25, 0.3) is 5.69 Å². The van der Waals surface area contributed by atoms with Gasteiger partial charge in [-0.25, -0.2) is 4.98 Å². The third kappa shape index (κ3) is 3.22. The SMILES string of the molecule is O=[N+]([O-])c1ccc(Sc2nc(Cl)ccc2[N+](=O)[O-])cc1. The Balaban J connectivity index is 2.31. The molecular formula is C11H6ClN3O4S. The number of pyridine rings is 1. The summed E-state index contributed by atoms with van der Waals surface area (Å²) in [5.74, 6) is 0. The maximum atomic E-state index is 10.9. The minimum Gasteiger partial charge on any atom is -0.258 e. The van der Waals surface area contributed by atoms with Crippen molar-refractivity contribution < 1.29 is 9.85 Å². The van der Waals surface area contributed by atoms with Crippen molar-refractivity contribution in [3.8, 4) is 0 Å². The van der Waals surface area contributed by atoms with E-state index in [-0.39, 0.29) is 21.6 Å². The Bertz CT molecular complexity index is 678. The molecule has 0 unspecified atom stereocenters. The van der Waals surface area contributed by atoms with Gasteiger partial charge in [0, 0.05) is 23.1 Å². The van der Waals surface area contributed by atoms with E-state index >= 15 is 0 Å². The van der Waals surface area contributed by atoms with Gasteiger partial charge < -0.3 is 0 Å². The van der Waals surface area contributed by atoms with Crippen LogP contribution in [0.1, 0.15) is 0 Å². The second-order valence-corrected chi connectivity index (χ2v) is 5.02. The van der Waals surface area contributed by atoms with E-state index in [1.54, 1.807) is 0 Å². The van der Waals surface area contributed by atoms with E-state index in [9.17, 15) is 20.2 Å². The lowest BCUT2D eigenvalue weighted by Crippen LogP contribution is -1.93. The third-order valence-corrected chi connectivity index (χ3v) is 3.48. The topological polar surface area (TPSA) is 99.2 Å². The first-order valence-corrected chi connectivity index (χ1v) is 6.40. The van der Waals surface area contributed by atoms with Gasteiger partial charge in [-0.3, -0.25) is 20.2 Å². The monoisotopic (exact) mass is 311 g/mol. The van der Waals surface area contributed by atoms with Crippen LogP contribution in [-0.4, -0.2) is 14.8 Å². The molecule has 0 fully saturated rings. The van der Waals surface area contributed by atoms with Gasteiger partial charge in [-0.05, 0) is 18.2 Å². The van der Waals surface area contributed by atoms with Gasteiger partial charge >= 0.3 is 5.69 Å². The second kappa shape index (κ2) is 5.85. The van der Waals surface area contributed by atoms with E-state index in [4.69, 9.17) is 11.6 Å². The number of hydrogen-bond donors (Lipinski definition) is 0. The number of hydrogen-bond acceptors (Lipinski definition) is 6. The highest BCUT2D eigenvalue weighted by Crippen LogP contribution is 2.34. The Morgan fingerprint density at radius 3 is 2.20 bits per heavy atom. The van der Waals surface area contributed by atoms with Crippen LogP contribution in [0, 0.1) is 20.2 Å². The maximum Gasteiger partial charge on any atom is 0.301 e. The molecule has 2 rings (SSSR count). The Hall–Kier alpha value is -2.19. The molecule has 0 saturated heterocycles. The summed E-state index contributed by atoms with van der Waals surface area (Å²) in [5, 5.41) is 21.7. The summed E-state index contributed by atoms with van der Waals surface area (Å²) < 4.78 is 0. The number of halogens is 1. The van der Waals surface area contributed by atoms with E-state index in [0.717, 1.165) is 11.8 Å². The molecule has 0 N–H and O–H groups in total. The molecule has 1 aromatic carbocycles. The van der Waals surface area contributed by atoms with Crippen molar-refractivity contribution in [2.45, 2.75) is 9.92 Å². The number of nitrogens with zero attached hydrogens (tertiary/aromatic N) is 3. The summed E-state index contributed by atoms with van der Waals surface area (Å²) in [6, 6.07) is 8.23. The predicted molar refractivity (Wildman–Crippen MR) is 73.1 cm³/mol. The van der Waals surface area contributed by atoms with Gasteiger partial charge in [-0.1, -0.05) is 23.4 Å². The van der Waals surface area contributed by atoms with E-state index in [1.807, 2.05) is 0 Å². The van der Waals surface area contributed by atoms with Gasteiger partial charge in [0.2, 0.25) is 0 Å². The molecule has 0 amide bonds. The number of rotatable bonds is 4. The molecule has 2 aromatic rings. The second-order valence-electron chi connectivity index (χ2n) is 3.57. The predicted octanol–water partition coefficient (Wildman–Crippen LogP) is 3.70. The molecule has 0 saturated carbocycles. The zero-order chi connectivity index (χ0) is 14.7. The molecule has 102 valence electrons. The first kappa shape index (κ1) is 14.2. The minimum absolute atomic E-state index is 0.0529. The Morgan fingerprint density at radius 1 is 1.00 bits per heavy atom. The lowest BCUT2D eigenvalue weighted by Gasteiger charge is -2.02. The highest BCUT2D eigenvalue weighted by molar-refractivity contribution is 7.99. The number of benzene rings is 1. The molecule has 1 heterocycles. The molecule has 0 aliphatic rings. The van der Waals surface area contributed by atoms with E-state index in [2.05, 4.69) is 4.98 Å². The van der Waals surface area contributed by atoms with Crippen molar-refractivity contribution in [2.24, 2.45) is 0 Å². The van der Waals surface area contributed by atoms with Crippen LogP contribution in [0.4, 0.5) is 11.4 Å². The van der Waals surface area contributed by atoms with Gasteiger partial charge in [-0.15, -0.1) is 0 Å². The third-order valence-electron chi connectivity index (χ3n) is 2.26. The van der Waals surface area contributed by atoms with Crippen LogP contribution in [0.5, 0.6) is 0 Å². The van der Waals surface area contributed by atoms with Crippen molar-refractivity contribution >= 4 is 34.7 Å². The molecule has 0 spiro atoms. The maximum absolute atomic E-state index is 10.9. The fraction of sp³-hybridized carbons (Fsp3) is 0. The molecular weight excluding hydrogens is 306 g/mol. The highest BCUT2D eigenvalue weighted by Gasteiger charge is 2.17. The van der Waals surface area contributed by atoms with Crippen LogP contribution >= 0.6 is 23.4 Å². The average Bonchev–Trinajstić information content (AvgIpc) is 2.39. The average molecular weight is 312 g/mol. The standard InChI is InChI=1S/C11H6ClN3O4S/c12-10-6-5-9(15(18)19)11(13-10)20-8-3-1-7(2-4-8)14(16)17/h1-6H. The Labute approximate surface area is 121 Å². The first-order chi connectivity index (χ1) is 9.47. The molecule has 0 radical (unpaired) electrons. The molecule has 0 atom stereocenters. The van der Waals surface area contributed by atoms with Crippen LogP contribution in [0.2, 0.25) is 5.15 Å². The Morgan fingerprint density at radius 2 is 1.65 bits per heavy atom. The van der Waals surface area contributed by atoms with Gasteiger partial charge in [0.05, 0.1) is 9.85 Å².